The lowest BCUT2D eigenvalue weighted by Crippen LogP contribution is -2.37. The Morgan fingerprint density at radius 2 is 2.20 bits per heavy atom. The average molecular weight is 320 g/mol. The molecule has 0 bridgehead atoms. The van der Waals surface area contributed by atoms with E-state index >= 15 is 0 Å². The van der Waals surface area contributed by atoms with Gasteiger partial charge in [0.15, 0.2) is 0 Å². The molecular formula is C11H14ClN3O4S. The number of nitrogens with two attached hydrogens (primary N) is 1. The molecule has 1 heterocycles. The summed E-state index contributed by atoms with van der Waals surface area (Å²) < 4.78 is 22.5. The molecule has 1 aliphatic heterocycles. The van der Waals surface area contributed by atoms with Crippen LogP contribution in [0.1, 0.15) is 12.8 Å². The van der Waals surface area contributed by atoms with Crippen molar-refractivity contribution in [2.45, 2.75) is 18.9 Å². The van der Waals surface area contributed by atoms with Crippen molar-refractivity contribution in [3.8, 4) is 0 Å². The maximum Gasteiger partial charge on any atom is 0.294 e. The number of sulfonamides is 1. The molecule has 9 heteroatoms. The zero-order valence-corrected chi connectivity index (χ0v) is 12.1. The third-order valence-electron chi connectivity index (χ3n) is 3.25. The standard InChI is InChI=1S/C11H14ClN3O4S/c12-8-3-4-10(11(6-8)15(16)17)14-5-1-2-9(14)7-20(13,18)19/h3-4,6,9H,1-2,5,7H2,(H2,13,18,19)/t9-/m1/s1. The number of halogens is 1. The fraction of sp³-hybridized carbons (Fsp3) is 0.455. The Kier molecular flexibility index (Phi) is 4.17. The van der Waals surface area contributed by atoms with Gasteiger partial charge in [0.2, 0.25) is 10.0 Å². The van der Waals surface area contributed by atoms with Gasteiger partial charge >= 0.3 is 0 Å². The van der Waals surface area contributed by atoms with E-state index in [-0.39, 0.29) is 22.5 Å². The second-order valence-corrected chi connectivity index (χ2v) is 6.80. The number of nitro benzene ring substituents is 1. The minimum atomic E-state index is -3.63. The van der Waals surface area contributed by atoms with Crippen molar-refractivity contribution in [3.05, 3.63) is 33.3 Å². The quantitative estimate of drug-likeness (QED) is 0.668. The van der Waals surface area contributed by atoms with Crippen LogP contribution in [-0.2, 0) is 10.0 Å². The molecule has 0 aliphatic carbocycles. The Balaban J connectivity index is 2.37. The summed E-state index contributed by atoms with van der Waals surface area (Å²) in [6.07, 6.45) is 1.40. The Morgan fingerprint density at radius 3 is 2.80 bits per heavy atom. The van der Waals surface area contributed by atoms with Gasteiger partial charge in [-0.2, -0.15) is 0 Å². The number of rotatable bonds is 4. The van der Waals surface area contributed by atoms with Crippen LogP contribution in [0.25, 0.3) is 0 Å². The number of hydrogen-bond donors (Lipinski definition) is 1. The first kappa shape index (κ1) is 15.0. The monoisotopic (exact) mass is 319 g/mol. The molecule has 0 radical (unpaired) electrons. The number of nitro groups is 1. The lowest BCUT2D eigenvalue weighted by Gasteiger charge is -2.25. The van der Waals surface area contributed by atoms with Gasteiger partial charge in [-0.1, -0.05) is 11.6 Å². The number of primary sulfonamides is 1. The topological polar surface area (TPSA) is 107 Å². The second-order valence-electron chi connectivity index (χ2n) is 4.71. The first-order valence-corrected chi connectivity index (χ1v) is 8.08. The molecule has 1 atom stereocenters. The molecule has 20 heavy (non-hydrogen) atoms. The SMILES string of the molecule is NS(=O)(=O)C[C@H]1CCCN1c1ccc(Cl)cc1[N+](=O)[O-]. The summed E-state index contributed by atoms with van der Waals surface area (Å²) in [6.45, 7) is 0.558. The van der Waals surface area contributed by atoms with Crippen molar-refractivity contribution in [2.75, 3.05) is 17.2 Å². The van der Waals surface area contributed by atoms with Crippen molar-refractivity contribution in [1.82, 2.24) is 0 Å². The highest BCUT2D eigenvalue weighted by Crippen LogP contribution is 2.35. The molecule has 0 amide bonds. The molecule has 2 N–H and O–H groups in total. The largest absolute Gasteiger partial charge is 0.362 e. The van der Waals surface area contributed by atoms with Gasteiger partial charge in [0.1, 0.15) is 5.69 Å². The third kappa shape index (κ3) is 3.38. The molecule has 1 aromatic rings. The Labute approximate surface area is 121 Å². The molecule has 0 aromatic heterocycles. The molecule has 110 valence electrons. The molecule has 1 saturated heterocycles. The van der Waals surface area contributed by atoms with Crippen LogP contribution in [0.4, 0.5) is 11.4 Å². The second kappa shape index (κ2) is 5.55. The highest BCUT2D eigenvalue weighted by molar-refractivity contribution is 7.89. The summed E-state index contributed by atoms with van der Waals surface area (Å²) in [5, 5.41) is 16.4. The van der Waals surface area contributed by atoms with E-state index in [1.807, 2.05) is 0 Å². The Morgan fingerprint density at radius 1 is 1.50 bits per heavy atom. The molecule has 0 spiro atoms. The van der Waals surface area contributed by atoms with Gasteiger partial charge in [0, 0.05) is 23.7 Å². The lowest BCUT2D eigenvalue weighted by molar-refractivity contribution is -0.384. The maximum absolute atomic E-state index is 11.2. The summed E-state index contributed by atoms with van der Waals surface area (Å²) in [5.41, 5.74) is 0.254. The van der Waals surface area contributed by atoms with Gasteiger partial charge in [-0.25, -0.2) is 13.6 Å². The lowest BCUT2D eigenvalue weighted by atomic mass is 10.2. The minimum Gasteiger partial charge on any atom is -0.362 e. The Bertz CT molecular complexity index is 635. The van der Waals surface area contributed by atoms with Crippen LogP contribution in [0, 0.1) is 10.1 Å². The van der Waals surface area contributed by atoms with Gasteiger partial charge in [-0.3, -0.25) is 10.1 Å². The molecule has 1 aromatic carbocycles. The van der Waals surface area contributed by atoms with Crippen molar-refractivity contribution < 1.29 is 13.3 Å². The molecule has 0 saturated carbocycles. The summed E-state index contributed by atoms with van der Waals surface area (Å²) in [5.74, 6) is -0.215. The number of benzene rings is 1. The van der Waals surface area contributed by atoms with Crippen LogP contribution in [-0.4, -0.2) is 31.7 Å². The summed E-state index contributed by atoms with van der Waals surface area (Å²) in [7, 11) is -3.63. The predicted octanol–water partition coefficient (Wildman–Crippen LogP) is 1.51. The predicted molar refractivity (Wildman–Crippen MR) is 76.4 cm³/mol. The average Bonchev–Trinajstić information content (AvgIpc) is 2.74. The molecule has 7 nitrogen and oxygen atoms in total. The van der Waals surface area contributed by atoms with Gasteiger partial charge in [-0.15, -0.1) is 0 Å². The molecule has 0 unspecified atom stereocenters. The smallest absolute Gasteiger partial charge is 0.294 e. The van der Waals surface area contributed by atoms with Crippen molar-refractivity contribution in [3.63, 3.8) is 0 Å². The van der Waals surface area contributed by atoms with E-state index < -0.39 is 14.9 Å². The van der Waals surface area contributed by atoms with Crippen LogP contribution in [0.3, 0.4) is 0 Å². The molecule has 2 rings (SSSR count). The van der Waals surface area contributed by atoms with E-state index in [0.29, 0.717) is 18.7 Å². The van der Waals surface area contributed by atoms with Crippen LogP contribution in [0.5, 0.6) is 0 Å². The van der Waals surface area contributed by atoms with Crippen molar-refractivity contribution >= 4 is 33.0 Å². The van der Waals surface area contributed by atoms with Crippen LogP contribution < -0.4 is 10.0 Å². The summed E-state index contributed by atoms with van der Waals surface area (Å²) in [4.78, 5) is 12.3. The van der Waals surface area contributed by atoms with Gasteiger partial charge in [0.05, 0.1) is 10.7 Å². The fourth-order valence-corrected chi connectivity index (χ4v) is 3.53. The minimum absolute atomic E-state index is 0.126. The molecular weight excluding hydrogens is 306 g/mol. The fourth-order valence-electron chi connectivity index (χ4n) is 2.48. The zero-order valence-electron chi connectivity index (χ0n) is 10.5. The Hall–Kier alpha value is -1.38. The van der Waals surface area contributed by atoms with E-state index in [4.69, 9.17) is 16.7 Å². The number of hydrogen-bond acceptors (Lipinski definition) is 5. The normalized spacial score (nSPS) is 19.3. The zero-order chi connectivity index (χ0) is 14.9. The number of anilines is 1. The first-order valence-electron chi connectivity index (χ1n) is 5.99. The van der Waals surface area contributed by atoms with Crippen LogP contribution in [0.15, 0.2) is 18.2 Å². The van der Waals surface area contributed by atoms with E-state index in [9.17, 15) is 18.5 Å². The maximum atomic E-state index is 11.2. The van der Waals surface area contributed by atoms with Gasteiger partial charge in [-0.05, 0) is 25.0 Å². The van der Waals surface area contributed by atoms with Gasteiger partial charge < -0.3 is 4.90 Å². The van der Waals surface area contributed by atoms with Crippen molar-refractivity contribution in [2.24, 2.45) is 5.14 Å². The highest BCUT2D eigenvalue weighted by Gasteiger charge is 2.32. The summed E-state index contributed by atoms with van der Waals surface area (Å²) in [6, 6.07) is 4.02. The van der Waals surface area contributed by atoms with Crippen molar-refractivity contribution in [1.29, 1.82) is 0 Å². The van der Waals surface area contributed by atoms with Gasteiger partial charge in [0.25, 0.3) is 5.69 Å². The third-order valence-corrected chi connectivity index (χ3v) is 4.33. The van der Waals surface area contributed by atoms with Crippen LogP contribution >= 0.6 is 11.6 Å². The van der Waals surface area contributed by atoms with E-state index in [0.717, 1.165) is 6.42 Å². The van der Waals surface area contributed by atoms with E-state index in [1.165, 1.54) is 6.07 Å². The first-order chi connectivity index (χ1) is 9.28. The van der Waals surface area contributed by atoms with E-state index in [1.54, 1.807) is 17.0 Å². The summed E-state index contributed by atoms with van der Waals surface area (Å²) >= 11 is 5.77. The molecule has 1 fully saturated rings. The van der Waals surface area contributed by atoms with E-state index in [2.05, 4.69) is 0 Å². The van der Waals surface area contributed by atoms with Crippen LogP contribution in [0.2, 0.25) is 5.02 Å². The highest BCUT2D eigenvalue weighted by atomic mass is 35.5. The number of nitrogens with zero attached hydrogens (tertiary/aromatic N) is 2. The molecule has 1 aliphatic rings.